The number of aromatic amines is 1. The van der Waals surface area contributed by atoms with Gasteiger partial charge in [-0.3, -0.25) is 19.2 Å². The number of rotatable bonds is 19. The van der Waals surface area contributed by atoms with Crippen LogP contribution in [0, 0.1) is 35.5 Å². The zero-order chi connectivity index (χ0) is 42.9. The number of hydrogen-bond donors (Lipinski definition) is 4. The summed E-state index contributed by atoms with van der Waals surface area (Å²) in [6.45, 7) is 19.1. The zero-order valence-corrected chi connectivity index (χ0v) is 38.2. The predicted octanol–water partition coefficient (Wildman–Crippen LogP) is 4.53. The molecule has 0 spiro atoms. The number of carbonyl (C=O) groups excluding carboxylic acids is 4. The highest BCUT2D eigenvalue weighted by molar-refractivity contribution is 5.91. The molecule has 4 fully saturated rings. The van der Waals surface area contributed by atoms with E-state index in [0.29, 0.717) is 75.7 Å². The Bertz CT molecular complexity index is 1540. The molecular formula is C47H81N9O4. The number of aryl methyl sites for hydroxylation is 2. The van der Waals surface area contributed by atoms with Crippen LogP contribution in [-0.2, 0) is 38.4 Å². The first-order chi connectivity index (χ1) is 28.8. The van der Waals surface area contributed by atoms with Gasteiger partial charge in [0.1, 0.15) is 17.9 Å². The largest absolute Gasteiger partial charge is 0.346 e. The molecule has 0 aromatic carbocycles. The Morgan fingerprint density at radius 1 is 0.700 bits per heavy atom. The van der Waals surface area contributed by atoms with Crippen LogP contribution >= 0.6 is 0 Å². The number of likely N-dealkylation sites (tertiary alicyclic amines) is 2. The van der Waals surface area contributed by atoms with E-state index in [1.807, 2.05) is 19.6 Å². The van der Waals surface area contributed by atoms with Gasteiger partial charge in [-0.05, 0) is 119 Å². The lowest BCUT2D eigenvalue weighted by Gasteiger charge is -2.42. The molecule has 1 aliphatic carbocycles. The minimum Gasteiger partial charge on any atom is -0.346 e. The molecule has 0 saturated carbocycles. The third-order valence-corrected chi connectivity index (χ3v) is 14.5. The summed E-state index contributed by atoms with van der Waals surface area (Å²) < 4.78 is 0. The monoisotopic (exact) mass is 836 g/mol. The van der Waals surface area contributed by atoms with Crippen LogP contribution in [0.2, 0.25) is 0 Å². The summed E-state index contributed by atoms with van der Waals surface area (Å²) in [5, 5.41) is 6.95. The highest BCUT2D eigenvalue weighted by atomic mass is 16.2. The number of nitrogens with one attached hydrogen (secondary N) is 3. The van der Waals surface area contributed by atoms with E-state index in [1.54, 1.807) is 0 Å². The van der Waals surface area contributed by atoms with Gasteiger partial charge in [0.15, 0.2) is 0 Å². The third-order valence-electron chi connectivity index (χ3n) is 14.5. The summed E-state index contributed by atoms with van der Waals surface area (Å²) >= 11 is 0. The molecule has 13 heteroatoms. The summed E-state index contributed by atoms with van der Waals surface area (Å²) in [5.41, 5.74) is 8.38. The zero-order valence-electron chi connectivity index (χ0n) is 38.2. The molecule has 0 bridgehead atoms. The lowest BCUT2D eigenvalue weighted by Crippen LogP contribution is -2.62. The maximum absolute atomic E-state index is 14.6. The first-order valence-electron chi connectivity index (χ1n) is 24.2. The Kier molecular flexibility index (Phi) is 16.9. The molecule has 338 valence electrons. The number of carbonyl (C=O) groups is 4. The van der Waals surface area contributed by atoms with Crippen LogP contribution in [0.15, 0.2) is 0 Å². The molecule has 13 nitrogen and oxygen atoms in total. The van der Waals surface area contributed by atoms with Crippen molar-refractivity contribution < 1.29 is 19.2 Å². The Morgan fingerprint density at radius 2 is 1.25 bits per heavy atom. The van der Waals surface area contributed by atoms with Crippen molar-refractivity contribution in [2.24, 2.45) is 41.2 Å². The van der Waals surface area contributed by atoms with Gasteiger partial charge in [0.25, 0.3) is 0 Å². The molecule has 1 aromatic heterocycles. The molecule has 6 rings (SSSR count). The van der Waals surface area contributed by atoms with E-state index in [2.05, 4.69) is 57.2 Å². The third kappa shape index (κ3) is 12.1. The van der Waals surface area contributed by atoms with Crippen molar-refractivity contribution in [2.45, 2.75) is 162 Å². The molecule has 4 saturated heterocycles. The van der Waals surface area contributed by atoms with E-state index < -0.39 is 12.1 Å². The van der Waals surface area contributed by atoms with E-state index in [4.69, 9.17) is 10.7 Å². The van der Waals surface area contributed by atoms with Gasteiger partial charge >= 0.3 is 0 Å². The molecule has 0 radical (unpaired) electrons. The van der Waals surface area contributed by atoms with Crippen molar-refractivity contribution in [1.82, 2.24) is 40.2 Å². The van der Waals surface area contributed by atoms with Gasteiger partial charge in [-0.2, -0.15) is 0 Å². The predicted molar refractivity (Wildman–Crippen MR) is 237 cm³/mol. The second-order valence-electron chi connectivity index (χ2n) is 20.4. The van der Waals surface area contributed by atoms with Gasteiger partial charge in [-0.15, -0.1) is 0 Å². The fourth-order valence-corrected chi connectivity index (χ4v) is 10.9. The molecular weight excluding hydrogens is 755 g/mol. The Hall–Kier alpha value is -3.03. The second kappa shape index (κ2) is 21.9. The van der Waals surface area contributed by atoms with Crippen molar-refractivity contribution in [2.75, 3.05) is 58.9 Å². The number of hydrogen-bond acceptors (Lipinski definition) is 8. The van der Waals surface area contributed by atoms with Crippen LogP contribution < -0.4 is 16.4 Å². The molecule has 1 aromatic rings. The van der Waals surface area contributed by atoms with Crippen molar-refractivity contribution in [3.8, 4) is 0 Å². The first-order valence-corrected chi connectivity index (χ1v) is 24.2. The molecule has 4 amide bonds. The van der Waals surface area contributed by atoms with Crippen LogP contribution in [0.1, 0.15) is 136 Å². The molecule has 5 aliphatic rings. The molecule has 4 aliphatic heterocycles. The maximum atomic E-state index is 14.6. The van der Waals surface area contributed by atoms with Crippen LogP contribution in [0.3, 0.4) is 0 Å². The topological polar surface area (TPSA) is 160 Å². The van der Waals surface area contributed by atoms with Crippen molar-refractivity contribution in [3.63, 3.8) is 0 Å². The molecule has 60 heavy (non-hydrogen) atoms. The fraction of sp³-hybridized carbons (Fsp3) is 0.851. The van der Waals surface area contributed by atoms with Gasteiger partial charge in [-0.25, -0.2) is 4.98 Å². The van der Waals surface area contributed by atoms with Crippen LogP contribution in [0.4, 0.5) is 0 Å². The summed E-state index contributed by atoms with van der Waals surface area (Å²) in [6, 6.07) is -1.47. The molecule has 5 N–H and O–H groups in total. The molecule has 6 atom stereocenters. The summed E-state index contributed by atoms with van der Waals surface area (Å²) in [6.07, 6.45) is 13.8. The summed E-state index contributed by atoms with van der Waals surface area (Å²) in [7, 11) is 0. The average Bonchev–Trinajstić information content (AvgIpc) is 3.82. The number of nitrogens with zero attached hydrogens (tertiary/aromatic N) is 5. The number of nitrogens with two attached hydrogens (primary N) is 1. The van der Waals surface area contributed by atoms with Gasteiger partial charge in [0, 0.05) is 64.5 Å². The number of fused-ring (bicyclic) bond motifs is 1. The minimum absolute atomic E-state index is 0.0496. The van der Waals surface area contributed by atoms with Crippen molar-refractivity contribution >= 4 is 23.6 Å². The van der Waals surface area contributed by atoms with Gasteiger partial charge in [0.2, 0.25) is 23.6 Å². The molecule has 5 heterocycles. The first kappa shape index (κ1) is 46.5. The lowest BCUT2D eigenvalue weighted by atomic mass is 9.87. The van der Waals surface area contributed by atoms with E-state index in [1.165, 1.54) is 17.8 Å². The summed E-state index contributed by atoms with van der Waals surface area (Å²) in [5.74, 6) is 3.66. The van der Waals surface area contributed by atoms with E-state index >= 15 is 0 Å². The van der Waals surface area contributed by atoms with E-state index in [0.717, 1.165) is 103 Å². The standard InChI is InChI=1S/C47H81N9O4/c1-31(2)26-39-44(57)56(25-18-49-39)42(47(60)54-22-15-36(16-23-54)30-43-51-37-8-7-9-38(37)52-43)29-34(6)11-10-33(5)28-40-45(58)55(24-19-50-40)41(27-32(3)4)46(59)53-20-13-35(12-17-48)14-21-53/h31-36,39-42,49-50H,7-30,48H2,1-6H3,(H,51,52)/t33?,34?,39-,40-,41-,42-/m0/s1. The Balaban J connectivity index is 1.04. The number of piperidine rings is 2. The number of imidazole rings is 1. The SMILES string of the molecule is CC(C)C[C@@H]1NCCN([C@@H](CC(C)CCC(C)C[C@@H]2NCCN([C@@H](CC(C)C)C(=O)N3CCC(CCN)CC3)C2=O)C(=O)N2CCC(Cc3nc4c([nH]3)CCC4)CC2)C1=O. The van der Waals surface area contributed by atoms with E-state index in [9.17, 15) is 19.2 Å². The Morgan fingerprint density at radius 3 is 1.80 bits per heavy atom. The van der Waals surface area contributed by atoms with Crippen LogP contribution in [-0.4, -0.2) is 136 Å². The van der Waals surface area contributed by atoms with Crippen LogP contribution in [0.25, 0.3) is 0 Å². The van der Waals surface area contributed by atoms with Crippen molar-refractivity contribution in [3.05, 3.63) is 17.2 Å². The number of H-pyrrole nitrogens is 1. The smallest absolute Gasteiger partial charge is 0.245 e. The van der Waals surface area contributed by atoms with E-state index in [-0.39, 0.29) is 47.5 Å². The summed E-state index contributed by atoms with van der Waals surface area (Å²) in [4.78, 5) is 73.0. The highest BCUT2D eigenvalue weighted by Gasteiger charge is 2.41. The molecule has 2 unspecified atom stereocenters. The fourth-order valence-electron chi connectivity index (χ4n) is 10.9. The quantitative estimate of drug-likeness (QED) is 0.158. The van der Waals surface area contributed by atoms with Gasteiger partial charge in [-0.1, -0.05) is 54.4 Å². The Labute approximate surface area is 361 Å². The number of piperazine rings is 2. The van der Waals surface area contributed by atoms with Gasteiger partial charge in [0.05, 0.1) is 17.8 Å². The van der Waals surface area contributed by atoms with Gasteiger partial charge < -0.3 is 41.0 Å². The normalized spacial score (nSPS) is 24.4. The number of amides is 4. The second-order valence-corrected chi connectivity index (χ2v) is 20.4. The van der Waals surface area contributed by atoms with Crippen LogP contribution in [0.5, 0.6) is 0 Å². The average molecular weight is 836 g/mol. The van der Waals surface area contributed by atoms with Crippen molar-refractivity contribution in [1.29, 1.82) is 0 Å². The number of aromatic nitrogens is 2. The minimum atomic E-state index is -0.471. The highest BCUT2D eigenvalue weighted by Crippen LogP contribution is 2.30. The lowest BCUT2D eigenvalue weighted by molar-refractivity contribution is -0.150. The maximum Gasteiger partial charge on any atom is 0.245 e.